The number of furan rings is 1. The summed E-state index contributed by atoms with van der Waals surface area (Å²) in [6.45, 7) is 2.39. The number of alkyl halides is 3. The molecule has 0 N–H and O–H groups in total. The largest absolute Gasteiger partial charge is 0.455 e. The summed E-state index contributed by atoms with van der Waals surface area (Å²) < 4.78 is 45.6. The van der Waals surface area contributed by atoms with Crippen LogP contribution in [0, 0.1) is 12.8 Å². The number of amides is 1. The summed E-state index contributed by atoms with van der Waals surface area (Å²) >= 11 is 0. The van der Waals surface area contributed by atoms with Gasteiger partial charge in [-0.3, -0.25) is 14.5 Å². The Morgan fingerprint density at radius 1 is 1.22 bits per heavy atom. The lowest BCUT2D eigenvalue weighted by molar-refractivity contribution is -0.141. The number of fused-ring (bicyclic) bond motifs is 1. The molecule has 1 aromatic carbocycles. The van der Waals surface area contributed by atoms with Crippen LogP contribution < -0.4 is 0 Å². The van der Waals surface area contributed by atoms with E-state index < -0.39 is 18.6 Å². The Morgan fingerprint density at radius 2 is 1.97 bits per heavy atom. The number of carbonyl (C=O) groups is 2. The van der Waals surface area contributed by atoms with Crippen molar-refractivity contribution in [3.8, 4) is 0 Å². The van der Waals surface area contributed by atoms with Gasteiger partial charge in [0.05, 0.1) is 5.56 Å². The van der Waals surface area contributed by atoms with Crippen molar-refractivity contribution in [3.63, 3.8) is 0 Å². The Hall–Kier alpha value is -2.61. The molecular formula is C24H27F3N2O3. The van der Waals surface area contributed by atoms with E-state index in [1.165, 1.54) is 0 Å². The number of halogens is 3. The van der Waals surface area contributed by atoms with Crippen LogP contribution in [0.3, 0.4) is 0 Å². The highest BCUT2D eigenvalue weighted by Crippen LogP contribution is 2.31. The molecule has 1 aliphatic carbocycles. The molecule has 0 unspecified atom stereocenters. The van der Waals surface area contributed by atoms with Crippen molar-refractivity contribution >= 4 is 11.7 Å². The number of hydrogen-bond acceptors (Lipinski definition) is 4. The highest BCUT2D eigenvalue weighted by Gasteiger charge is 2.38. The fourth-order valence-electron chi connectivity index (χ4n) is 4.79. The third kappa shape index (κ3) is 5.06. The van der Waals surface area contributed by atoms with Crippen LogP contribution in [-0.2, 0) is 13.0 Å². The smallest absolute Gasteiger partial charge is 0.406 e. The molecule has 0 radical (unpaired) electrons. The zero-order chi connectivity index (χ0) is 22.9. The van der Waals surface area contributed by atoms with Gasteiger partial charge in [0.25, 0.3) is 5.91 Å². The van der Waals surface area contributed by atoms with Crippen molar-refractivity contribution < 1.29 is 27.2 Å². The Labute approximate surface area is 185 Å². The third-order valence-corrected chi connectivity index (χ3v) is 6.26. The van der Waals surface area contributed by atoms with E-state index in [1.54, 1.807) is 6.92 Å². The summed E-state index contributed by atoms with van der Waals surface area (Å²) in [4.78, 5) is 28.4. The van der Waals surface area contributed by atoms with Crippen LogP contribution in [0.25, 0.3) is 0 Å². The fraction of sp³-hybridized carbons (Fsp3) is 0.500. The van der Waals surface area contributed by atoms with E-state index in [0.29, 0.717) is 42.7 Å². The molecule has 32 heavy (non-hydrogen) atoms. The summed E-state index contributed by atoms with van der Waals surface area (Å²) in [6.07, 6.45) is -2.29. The van der Waals surface area contributed by atoms with Gasteiger partial charge in [-0.1, -0.05) is 30.3 Å². The molecule has 1 atom stereocenters. The van der Waals surface area contributed by atoms with Crippen LogP contribution in [0.1, 0.15) is 57.1 Å². The number of nitrogens with zero attached hydrogens (tertiary/aromatic N) is 2. The van der Waals surface area contributed by atoms with E-state index in [-0.39, 0.29) is 24.0 Å². The molecule has 4 rings (SSSR count). The highest BCUT2D eigenvalue weighted by molar-refractivity contribution is 6.03. The van der Waals surface area contributed by atoms with Gasteiger partial charge >= 0.3 is 6.18 Å². The first kappa shape index (κ1) is 22.6. The van der Waals surface area contributed by atoms with Gasteiger partial charge in [-0.05, 0) is 37.8 Å². The first-order chi connectivity index (χ1) is 15.2. The normalized spacial score (nSPS) is 19.2. The summed E-state index contributed by atoms with van der Waals surface area (Å²) in [5.41, 5.74) is 1.89. The predicted molar refractivity (Wildman–Crippen MR) is 112 cm³/mol. The topological polar surface area (TPSA) is 53.8 Å². The molecule has 2 aromatic rings. The minimum absolute atomic E-state index is 0.00237. The van der Waals surface area contributed by atoms with Gasteiger partial charge in [0.2, 0.25) is 0 Å². The maximum absolute atomic E-state index is 13.3. The molecule has 1 amide bonds. The Kier molecular flexibility index (Phi) is 6.42. The molecule has 172 valence electrons. The predicted octanol–water partition coefficient (Wildman–Crippen LogP) is 4.63. The number of Topliss-reactive ketones (excluding diaryl/α,β-unsaturated/α-hetero) is 1. The van der Waals surface area contributed by atoms with Crippen molar-refractivity contribution in [2.24, 2.45) is 5.92 Å². The second kappa shape index (κ2) is 9.10. The average molecular weight is 448 g/mol. The number of carbonyl (C=O) groups excluding carboxylic acids is 2. The van der Waals surface area contributed by atoms with Gasteiger partial charge in [-0.2, -0.15) is 13.2 Å². The quantitative estimate of drug-likeness (QED) is 0.647. The van der Waals surface area contributed by atoms with Crippen LogP contribution in [-0.4, -0.2) is 53.8 Å². The standard InChI is InChI=1S/C24H27F3N2O3/c1-16-21-19(30)8-5-9-20(21)32-22(16)23(31)29(15-24(25,26)27)14-18-10-11-28(13-18)12-17-6-3-2-4-7-17/h2-4,6-7,18H,5,8-15H2,1H3/t18-/m1/s1. The molecule has 1 saturated heterocycles. The van der Waals surface area contributed by atoms with E-state index >= 15 is 0 Å². The Morgan fingerprint density at radius 3 is 2.66 bits per heavy atom. The molecule has 0 bridgehead atoms. The van der Waals surface area contributed by atoms with Gasteiger partial charge in [0, 0.05) is 38.0 Å². The van der Waals surface area contributed by atoms with E-state index in [4.69, 9.17) is 4.42 Å². The molecule has 1 fully saturated rings. The van der Waals surface area contributed by atoms with E-state index in [0.717, 1.165) is 30.0 Å². The van der Waals surface area contributed by atoms with Crippen LogP contribution >= 0.6 is 0 Å². The maximum atomic E-state index is 13.3. The van der Waals surface area contributed by atoms with Crippen LogP contribution in [0.2, 0.25) is 0 Å². The van der Waals surface area contributed by atoms with Crippen molar-refractivity contribution in [2.45, 2.75) is 45.3 Å². The number of likely N-dealkylation sites (tertiary alicyclic amines) is 1. The monoisotopic (exact) mass is 448 g/mol. The number of aryl methyl sites for hydroxylation is 1. The zero-order valence-electron chi connectivity index (χ0n) is 18.1. The number of hydrogen-bond donors (Lipinski definition) is 0. The Balaban J connectivity index is 1.48. The van der Waals surface area contributed by atoms with Gasteiger partial charge in [0.15, 0.2) is 11.5 Å². The van der Waals surface area contributed by atoms with Crippen molar-refractivity contribution in [1.29, 1.82) is 0 Å². The fourth-order valence-corrected chi connectivity index (χ4v) is 4.79. The molecule has 2 aliphatic rings. The lowest BCUT2D eigenvalue weighted by atomic mass is 9.94. The molecule has 0 spiro atoms. The summed E-state index contributed by atoms with van der Waals surface area (Å²) in [6, 6.07) is 9.91. The van der Waals surface area contributed by atoms with Crippen molar-refractivity contribution in [1.82, 2.24) is 9.80 Å². The number of ketones is 1. The second-order valence-electron chi connectivity index (χ2n) is 8.81. The zero-order valence-corrected chi connectivity index (χ0v) is 18.1. The minimum atomic E-state index is -4.52. The molecular weight excluding hydrogens is 421 g/mol. The van der Waals surface area contributed by atoms with Crippen LogP contribution in [0.15, 0.2) is 34.7 Å². The minimum Gasteiger partial charge on any atom is -0.455 e. The van der Waals surface area contributed by atoms with Crippen molar-refractivity contribution in [2.75, 3.05) is 26.2 Å². The number of rotatable bonds is 6. The van der Waals surface area contributed by atoms with Gasteiger partial charge in [-0.15, -0.1) is 0 Å². The highest BCUT2D eigenvalue weighted by atomic mass is 19.4. The lowest BCUT2D eigenvalue weighted by Gasteiger charge is -2.26. The van der Waals surface area contributed by atoms with Crippen LogP contribution in [0.4, 0.5) is 13.2 Å². The Bertz CT molecular complexity index is 984. The number of benzene rings is 1. The first-order valence-corrected chi connectivity index (χ1v) is 11.0. The first-order valence-electron chi connectivity index (χ1n) is 11.0. The SMILES string of the molecule is Cc1c(C(=O)N(C[C@@H]2CCN(Cc3ccccc3)C2)CC(F)(F)F)oc2c1C(=O)CCC2. The summed E-state index contributed by atoms with van der Waals surface area (Å²) in [5.74, 6) is -0.668. The molecule has 1 aliphatic heterocycles. The van der Waals surface area contributed by atoms with E-state index in [1.807, 2.05) is 30.3 Å². The lowest BCUT2D eigenvalue weighted by Crippen LogP contribution is -2.42. The molecule has 1 aromatic heterocycles. The van der Waals surface area contributed by atoms with Gasteiger partial charge in [-0.25, -0.2) is 0 Å². The maximum Gasteiger partial charge on any atom is 0.406 e. The van der Waals surface area contributed by atoms with E-state index in [2.05, 4.69) is 4.90 Å². The second-order valence-corrected chi connectivity index (χ2v) is 8.81. The van der Waals surface area contributed by atoms with Crippen LogP contribution in [0.5, 0.6) is 0 Å². The molecule has 5 nitrogen and oxygen atoms in total. The van der Waals surface area contributed by atoms with Gasteiger partial charge in [0.1, 0.15) is 12.3 Å². The average Bonchev–Trinajstić information content (AvgIpc) is 3.31. The molecule has 8 heteroatoms. The van der Waals surface area contributed by atoms with Crippen molar-refractivity contribution in [3.05, 3.63) is 58.5 Å². The third-order valence-electron chi connectivity index (χ3n) is 6.26. The molecule has 2 heterocycles. The van der Waals surface area contributed by atoms with E-state index in [9.17, 15) is 22.8 Å². The summed E-state index contributed by atoms with van der Waals surface area (Å²) in [7, 11) is 0. The van der Waals surface area contributed by atoms with Gasteiger partial charge < -0.3 is 9.32 Å². The molecule has 0 saturated carbocycles. The summed E-state index contributed by atoms with van der Waals surface area (Å²) in [5, 5.41) is 0.